The van der Waals surface area contributed by atoms with Gasteiger partial charge >= 0.3 is 0 Å². The fourth-order valence-electron chi connectivity index (χ4n) is 2.30. The van der Waals surface area contributed by atoms with Gasteiger partial charge in [-0.25, -0.2) is 0 Å². The Bertz CT molecular complexity index is 801. The second kappa shape index (κ2) is 6.48. The van der Waals surface area contributed by atoms with E-state index >= 15 is 0 Å². The predicted molar refractivity (Wildman–Crippen MR) is 88.1 cm³/mol. The van der Waals surface area contributed by atoms with Gasteiger partial charge < -0.3 is 5.32 Å². The standard InChI is InChI=1S/C17H19N5O/c1-13-3-5-15(6-4-13)10-21-11-16(9-19-21)20-17(23)12-22-14(2)7-8-18-22/h3-9,11H,10,12H2,1-2H3,(H,20,23). The maximum atomic E-state index is 12.0. The van der Waals surface area contributed by atoms with Crippen molar-refractivity contribution < 1.29 is 4.79 Å². The second-order valence-corrected chi connectivity index (χ2v) is 5.59. The zero-order valence-corrected chi connectivity index (χ0v) is 13.2. The summed E-state index contributed by atoms with van der Waals surface area (Å²) in [6.07, 6.45) is 5.16. The van der Waals surface area contributed by atoms with Crippen LogP contribution in [0.15, 0.2) is 48.9 Å². The average molecular weight is 309 g/mol. The van der Waals surface area contributed by atoms with Crippen LogP contribution in [0.4, 0.5) is 5.69 Å². The Labute approximate surface area is 134 Å². The summed E-state index contributed by atoms with van der Waals surface area (Å²) in [5.74, 6) is -0.119. The third-order valence-electron chi connectivity index (χ3n) is 3.60. The number of carbonyl (C=O) groups excluding carboxylic acids is 1. The number of anilines is 1. The minimum Gasteiger partial charge on any atom is -0.322 e. The highest BCUT2D eigenvalue weighted by atomic mass is 16.2. The Hall–Kier alpha value is -2.89. The van der Waals surface area contributed by atoms with Crippen molar-refractivity contribution in [3.63, 3.8) is 0 Å². The summed E-state index contributed by atoms with van der Waals surface area (Å²) in [6, 6.07) is 10.2. The molecule has 2 aromatic heterocycles. The molecule has 6 heteroatoms. The quantitative estimate of drug-likeness (QED) is 0.787. The van der Waals surface area contributed by atoms with Gasteiger partial charge in [0.15, 0.2) is 0 Å². The van der Waals surface area contributed by atoms with Crippen LogP contribution in [0.1, 0.15) is 16.8 Å². The second-order valence-electron chi connectivity index (χ2n) is 5.59. The van der Waals surface area contributed by atoms with E-state index in [0.717, 1.165) is 5.69 Å². The van der Waals surface area contributed by atoms with Gasteiger partial charge in [-0.1, -0.05) is 29.8 Å². The molecule has 0 saturated carbocycles. The van der Waals surface area contributed by atoms with Crippen LogP contribution >= 0.6 is 0 Å². The van der Waals surface area contributed by atoms with Crippen LogP contribution in [0.2, 0.25) is 0 Å². The number of hydrogen-bond acceptors (Lipinski definition) is 3. The number of benzene rings is 1. The molecule has 1 N–H and O–H groups in total. The van der Waals surface area contributed by atoms with E-state index in [1.54, 1.807) is 21.8 Å². The van der Waals surface area contributed by atoms with E-state index in [-0.39, 0.29) is 12.5 Å². The third-order valence-corrected chi connectivity index (χ3v) is 3.60. The molecule has 3 rings (SSSR count). The molecule has 0 saturated heterocycles. The first-order valence-electron chi connectivity index (χ1n) is 7.46. The molecule has 23 heavy (non-hydrogen) atoms. The molecule has 0 aliphatic heterocycles. The number of carbonyl (C=O) groups is 1. The zero-order valence-electron chi connectivity index (χ0n) is 13.2. The Balaban J connectivity index is 1.59. The highest BCUT2D eigenvalue weighted by Gasteiger charge is 2.07. The fourth-order valence-corrected chi connectivity index (χ4v) is 2.30. The van der Waals surface area contributed by atoms with Crippen LogP contribution < -0.4 is 5.32 Å². The van der Waals surface area contributed by atoms with Crippen molar-refractivity contribution in [2.45, 2.75) is 26.9 Å². The number of aromatic nitrogens is 4. The summed E-state index contributed by atoms with van der Waals surface area (Å²) in [6.45, 7) is 4.85. The van der Waals surface area contributed by atoms with Crippen LogP contribution in [-0.2, 0) is 17.9 Å². The predicted octanol–water partition coefficient (Wildman–Crippen LogP) is 2.38. The number of aryl methyl sites for hydroxylation is 2. The molecule has 3 aromatic rings. The summed E-state index contributed by atoms with van der Waals surface area (Å²) < 4.78 is 3.46. The number of hydrogen-bond donors (Lipinski definition) is 1. The van der Waals surface area contributed by atoms with E-state index in [1.165, 1.54) is 11.1 Å². The Morgan fingerprint density at radius 2 is 1.91 bits per heavy atom. The number of nitrogens with one attached hydrogen (secondary N) is 1. The van der Waals surface area contributed by atoms with Gasteiger partial charge in [0.05, 0.1) is 18.4 Å². The lowest BCUT2D eigenvalue weighted by atomic mass is 10.1. The van der Waals surface area contributed by atoms with Crippen molar-refractivity contribution in [2.75, 3.05) is 5.32 Å². The normalized spacial score (nSPS) is 10.7. The SMILES string of the molecule is Cc1ccc(Cn2cc(NC(=O)Cn3nccc3C)cn2)cc1. The molecule has 0 aliphatic rings. The smallest absolute Gasteiger partial charge is 0.246 e. The summed E-state index contributed by atoms with van der Waals surface area (Å²) in [7, 11) is 0. The minimum atomic E-state index is -0.119. The number of rotatable bonds is 5. The third kappa shape index (κ3) is 3.85. The fraction of sp³-hybridized carbons (Fsp3) is 0.235. The maximum absolute atomic E-state index is 12.0. The molecule has 0 radical (unpaired) electrons. The van der Waals surface area contributed by atoms with Crippen molar-refractivity contribution in [2.24, 2.45) is 0 Å². The lowest BCUT2D eigenvalue weighted by molar-refractivity contribution is -0.116. The molecule has 2 heterocycles. The van der Waals surface area contributed by atoms with Gasteiger partial charge in [-0.15, -0.1) is 0 Å². The van der Waals surface area contributed by atoms with Crippen molar-refractivity contribution in [1.29, 1.82) is 0 Å². The molecule has 0 fully saturated rings. The van der Waals surface area contributed by atoms with E-state index in [9.17, 15) is 4.79 Å². The molecule has 0 spiro atoms. The Morgan fingerprint density at radius 1 is 1.13 bits per heavy atom. The summed E-state index contributed by atoms with van der Waals surface area (Å²) in [5.41, 5.74) is 4.04. The van der Waals surface area contributed by atoms with Crippen molar-refractivity contribution in [1.82, 2.24) is 19.6 Å². The van der Waals surface area contributed by atoms with Gasteiger partial charge in [0.1, 0.15) is 6.54 Å². The lowest BCUT2D eigenvalue weighted by Crippen LogP contribution is -2.19. The van der Waals surface area contributed by atoms with Gasteiger partial charge in [0.2, 0.25) is 5.91 Å². The first-order chi connectivity index (χ1) is 11.1. The maximum Gasteiger partial charge on any atom is 0.246 e. The molecule has 0 aliphatic carbocycles. The lowest BCUT2D eigenvalue weighted by Gasteiger charge is -2.05. The average Bonchev–Trinajstić information content (AvgIpc) is 3.11. The largest absolute Gasteiger partial charge is 0.322 e. The Kier molecular flexibility index (Phi) is 4.23. The van der Waals surface area contributed by atoms with E-state index in [2.05, 4.69) is 46.7 Å². The summed E-state index contributed by atoms with van der Waals surface area (Å²) >= 11 is 0. The molecular weight excluding hydrogens is 290 g/mol. The van der Waals surface area contributed by atoms with Gasteiger partial charge in [0, 0.05) is 18.1 Å². The number of nitrogens with zero attached hydrogens (tertiary/aromatic N) is 4. The van der Waals surface area contributed by atoms with E-state index in [0.29, 0.717) is 12.2 Å². The van der Waals surface area contributed by atoms with Crippen LogP contribution in [0.3, 0.4) is 0 Å². The van der Waals surface area contributed by atoms with Crippen LogP contribution in [0.5, 0.6) is 0 Å². The first-order valence-corrected chi connectivity index (χ1v) is 7.46. The molecule has 0 atom stereocenters. The molecule has 1 amide bonds. The van der Waals surface area contributed by atoms with Gasteiger partial charge in [0.25, 0.3) is 0 Å². The molecule has 0 bridgehead atoms. The van der Waals surface area contributed by atoms with Gasteiger partial charge in [-0.05, 0) is 25.5 Å². The van der Waals surface area contributed by atoms with E-state index < -0.39 is 0 Å². The topological polar surface area (TPSA) is 64.7 Å². The Morgan fingerprint density at radius 3 is 2.61 bits per heavy atom. The van der Waals surface area contributed by atoms with Crippen LogP contribution in [0.25, 0.3) is 0 Å². The molecular formula is C17H19N5O. The monoisotopic (exact) mass is 309 g/mol. The van der Waals surface area contributed by atoms with Gasteiger partial charge in [-0.2, -0.15) is 10.2 Å². The summed E-state index contributed by atoms with van der Waals surface area (Å²) in [5, 5.41) is 11.2. The van der Waals surface area contributed by atoms with Crippen molar-refractivity contribution in [3.05, 3.63) is 65.7 Å². The molecule has 6 nitrogen and oxygen atoms in total. The number of amides is 1. The highest BCUT2D eigenvalue weighted by molar-refractivity contribution is 5.90. The first kappa shape index (κ1) is 15.0. The van der Waals surface area contributed by atoms with E-state index in [4.69, 9.17) is 0 Å². The molecule has 1 aromatic carbocycles. The zero-order chi connectivity index (χ0) is 16.2. The van der Waals surface area contributed by atoms with Crippen molar-refractivity contribution >= 4 is 11.6 Å². The molecule has 0 unspecified atom stereocenters. The van der Waals surface area contributed by atoms with E-state index in [1.807, 2.05) is 19.2 Å². The highest BCUT2D eigenvalue weighted by Crippen LogP contribution is 2.09. The van der Waals surface area contributed by atoms with Gasteiger partial charge in [-0.3, -0.25) is 14.2 Å². The van der Waals surface area contributed by atoms with Crippen LogP contribution in [0, 0.1) is 13.8 Å². The summed E-state index contributed by atoms with van der Waals surface area (Å²) in [4.78, 5) is 12.0. The van der Waals surface area contributed by atoms with Crippen molar-refractivity contribution in [3.8, 4) is 0 Å². The minimum absolute atomic E-state index is 0.119. The molecule has 118 valence electrons. The van der Waals surface area contributed by atoms with Crippen LogP contribution in [-0.4, -0.2) is 25.5 Å².